The van der Waals surface area contributed by atoms with Gasteiger partial charge in [-0.05, 0) is 116 Å². The number of phenols is 4. The first-order chi connectivity index (χ1) is 22.5. The summed E-state index contributed by atoms with van der Waals surface area (Å²) in [6.45, 7) is 25.6. The van der Waals surface area contributed by atoms with Gasteiger partial charge in [0.05, 0.1) is 0 Å². The van der Waals surface area contributed by atoms with Crippen LogP contribution in [-0.2, 0) is 47.3 Å². The van der Waals surface area contributed by atoms with Gasteiger partial charge in [0.1, 0.15) is 23.0 Å². The van der Waals surface area contributed by atoms with E-state index < -0.39 is 0 Å². The minimum atomic E-state index is -0.306. The van der Waals surface area contributed by atoms with Crippen molar-refractivity contribution in [2.45, 2.75) is 137 Å². The lowest BCUT2D eigenvalue weighted by molar-refractivity contribution is 0.445. The van der Waals surface area contributed by atoms with Crippen LogP contribution in [-0.4, -0.2) is 20.4 Å². The van der Waals surface area contributed by atoms with Crippen LogP contribution >= 0.6 is 0 Å². The normalized spacial score (nSPS) is 12.8. The summed E-state index contributed by atoms with van der Waals surface area (Å²) in [6, 6.07) is 20.1. The van der Waals surface area contributed by atoms with Crippen LogP contribution in [0.3, 0.4) is 0 Å². The Morgan fingerprint density at radius 1 is 0.429 bits per heavy atom. The summed E-state index contributed by atoms with van der Waals surface area (Å²) >= 11 is 0. The average molecular weight is 665 g/mol. The highest BCUT2D eigenvalue weighted by Crippen LogP contribution is 2.47. The molecule has 4 nitrogen and oxygen atoms in total. The third kappa shape index (κ3) is 8.82. The van der Waals surface area contributed by atoms with Gasteiger partial charge in [-0.2, -0.15) is 0 Å². The zero-order valence-corrected chi connectivity index (χ0v) is 32.1. The Labute approximate surface area is 295 Å². The average Bonchev–Trinajstić information content (AvgIpc) is 2.95. The zero-order valence-electron chi connectivity index (χ0n) is 32.1. The van der Waals surface area contributed by atoms with Crippen molar-refractivity contribution in [1.29, 1.82) is 0 Å². The number of rotatable bonds is 8. The molecule has 264 valence electrons. The summed E-state index contributed by atoms with van der Waals surface area (Å²) in [7, 11) is 0. The molecule has 0 unspecified atom stereocenters. The molecule has 49 heavy (non-hydrogen) atoms. The van der Waals surface area contributed by atoms with Crippen molar-refractivity contribution in [3.05, 3.63) is 105 Å². The molecular weight excluding hydrogens is 604 g/mol. The summed E-state index contributed by atoms with van der Waals surface area (Å²) in [5.74, 6) is 0.969. The third-order valence-corrected chi connectivity index (χ3v) is 9.79. The number of hydrogen-bond acceptors (Lipinski definition) is 4. The van der Waals surface area contributed by atoms with Gasteiger partial charge in [0, 0.05) is 11.1 Å². The predicted octanol–water partition coefficient (Wildman–Crippen LogP) is 11.3. The smallest absolute Gasteiger partial charge is 0.127 e. The lowest BCUT2D eigenvalue weighted by atomic mass is 9.79. The maximum atomic E-state index is 12.0. The predicted molar refractivity (Wildman–Crippen MR) is 206 cm³/mol. The monoisotopic (exact) mass is 664 g/mol. The SMILES string of the molecule is CC(C)(C)c1ccc(O)c(CCc2cc(C(C)(C)C)cc(-c3c(CCCc4ccc(C(C)(C)C)c(O)c4)ccc(C(C)(C)C)c3O)c2O)c1. The van der Waals surface area contributed by atoms with Crippen LogP contribution in [0, 0.1) is 0 Å². The molecule has 0 aliphatic carbocycles. The van der Waals surface area contributed by atoms with Crippen LogP contribution in [0.25, 0.3) is 11.1 Å². The highest BCUT2D eigenvalue weighted by molar-refractivity contribution is 5.82. The van der Waals surface area contributed by atoms with Gasteiger partial charge in [0.15, 0.2) is 0 Å². The van der Waals surface area contributed by atoms with Crippen molar-refractivity contribution >= 4 is 0 Å². The minimum Gasteiger partial charge on any atom is -0.508 e. The number of aromatic hydroxyl groups is 4. The molecule has 0 fully saturated rings. The van der Waals surface area contributed by atoms with Crippen molar-refractivity contribution in [1.82, 2.24) is 0 Å². The van der Waals surface area contributed by atoms with Crippen LogP contribution in [0.2, 0.25) is 0 Å². The zero-order chi connectivity index (χ0) is 36.7. The van der Waals surface area contributed by atoms with Crippen LogP contribution < -0.4 is 0 Å². The first kappa shape index (κ1) is 37.9. The Kier molecular flexibility index (Phi) is 10.6. The fraction of sp³-hybridized carbons (Fsp3) is 0.467. The molecule has 0 bridgehead atoms. The van der Waals surface area contributed by atoms with Crippen LogP contribution in [0.5, 0.6) is 23.0 Å². The van der Waals surface area contributed by atoms with Gasteiger partial charge in [0.2, 0.25) is 0 Å². The van der Waals surface area contributed by atoms with Gasteiger partial charge in [-0.15, -0.1) is 0 Å². The lowest BCUT2D eigenvalue weighted by Gasteiger charge is -2.27. The van der Waals surface area contributed by atoms with Crippen molar-refractivity contribution in [2.24, 2.45) is 0 Å². The molecule has 0 amide bonds. The van der Waals surface area contributed by atoms with Gasteiger partial charge < -0.3 is 20.4 Å². The van der Waals surface area contributed by atoms with E-state index in [2.05, 4.69) is 107 Å². The van der Waals surface area contributed by atoms with E-state index in [0.717, 1.165) is 57.3 Å². The summed E-state index contributed by atoms with van der Waals surface area (Å²) in [5.41, 5.74) is 8.32. The van der Waals surface area contributed by atoms with Crippen molar-refractivity contribution < 1.29 is 20.4 Å². The maximum Gasteiger partial charge on any atom is 0.127 e. The Bertz CT molecular complexity index is 1800. The lowest BCUT2D eigenvalue weighted by Crippen LogP contribution is -2.14. The number of aryl methyl sites for hydroxylation is 4. The molecule has 0 aliphatic heterocycles. The Hall–Kier alpha value is -3.92. The highest BCUT2D eigenvalue weighted by Gasteiger charge is 2.27. The standard InChI is InChI=1S/C45H60O4/c1-42(2,3)32-20-23-37(46)30(25-32)17-18-31-26-33(43(4,5)6)27-34(40(31)48)39-29(19-22-36(41(39)49)45(10,11)12)15-13-14-28-16-21-35(38(47)24-28)44(7,8)9/h16,19-27,46-49H,13-15,17-18H2,1-12H3. The summed E-state index contributed by atoms with van der Waals surface area (Å²) in [4.78, 5) is 0. The highest BCUT2D eigenvalue weighted by atomic mass is 16.3. The summed E-state index contributed by atoms with van der Waals surface area (Å²) in [6.07, 6.45) is 3.38. The molecule has 0 radical (unpaired) electrons. The van der Waals surface area contributed by atoms with Crippen molar-refractivity contribution in [3.63, 3.8) is 0 Å². The second-order valence-corrected chi connectivity index (χ2v) is 18.1. The van der Waals surface area contributed by atoms with Crippen molar-refractivity contribution in [2.75, 3.05) is 0 Å². The van der Waals surface area contributed by atoms with Gasteiger partial charge in [0.25, 0.3) is 0 Å². The number of phenolic OH excluding ortho intramolecular Hbond substituents is 4. The molecule has 0 spiro atoms. The summed E-state index contributed by atoms with van der Waals surface area (Å²) < 4.78 is 0. The molecular formula is C45H60O4. The summed E-state index contributed by atoms with van der Waals surface area (Å²) in [5, 5.41) is 45.5. The van der Waals surface area contributed by atoms with Crippen LogP contribution in [0.1, 0.15) is 134 Å². The first-order valence-electron chi connectivity index (χ1n) is 17.9. The van der Waals surface area contributed by atoms with E-state index in [4.69, 9.17) is 0 Å². The van der Waals surface area contributed by atoms with E-state index in [9.17, 15) is 20.4 Å². The number of benzene rings is 4. The Morgan fingerprint density at radius 3 is 1.57 bits per heavy atom. The molecule has 0 aliphatic rings. The third-order valence-electron chi connectivity index (χ3n) is 9.79. The largest absolute Gasteiger partial charge is 0.508 e. The molecule has 0 saturated carbocycles. The second-order valence-electron chi connectivity index (χ2n) is 18.1. The number of hydrogen-bond donors (Lipinski definition) is 4. The fourth-order valence-corrected chi connectivity index (χ4v) is 6.63. The van der Waals surface area contributed by atoms with E-state index in [1.165, 1.54) is 0 Å². The molecule has 4 heteroatoms. The fourth-order valence-electron chi connectivity index (χ4n) is 6.63. The molecule has 4 rings (SSSR count). The van der Waals surface area contributed by atoms with Gasteiger partial charge in [-0.1, -0.05) is 126 Å². The molecule has 0 heterocycles. The molecule has 4 aromatic carbocycles. The molecule has 4 aromatic rings. The second kappa shape index (κ2) is 13.8. The topological polar surface area (TPSA) is 80.9 Å². The van der Waals surface area contributed by atoms with E-state index in [1.54, 1.807) is 6.07 Å². The van der Waals surface area contributed by atoms with Gasteiger partial charge in [-0.25, -0.2) is 0 Å². The van der Waals surface area contributed by atoms with E-state index in [0.29, 0.717) is 36.1 Å². The van der Waals surface area contributed by atoms with Crippen LogP contribution in [0.4, 0.5) is 0 Å². The molecule has 0 aromatic heterocycles. The van der Waals surface area contributed by atoms with Crippen LogP contribution in [0.15, 0.2) is 60.7 Å². The van der Waals surface area contributed by atoms with Gasteiger partial charge in [-0.3, -0.25) is 0 Å². The van der Waals surface area contributed by atoms with E-state index in [1.807, 2.05) is 30.3 Å². The minimum absolute atomic E-state index is 0.0494. The molecule has 0 atom stereocenters. The molecule has 4 N–H and O–H groups in total. The van der Waals surface area contributed by atoms with E-state index >= 15 is 0 Å². The quantitative estimate of drug-likeness (QED) is 0.151. The van der Waals surface area contributed by atoms with Crippen molar-refractivity contribution in [3.8, 4) is 34.1 Å². The first-order valence-corrected chi connectivity index (χ1v) is 17.9. The Morgan fingerprint density at radius 2 is 1.00 bits per heavy atom. The van der Waals surface area contributed by atoms with E-state index in [-0.39, 0.29) is 38.9 Å². The maximum absolute atomic E-state index is 12.0. The van der Waals surface area contributed by atoms with Gasteiger partial charge >= 0.3 is 0 Å². The molecule has 0 saturated heterocycles. The Balaban J connectivity index is 1.78.